The molecule has 0 aliphatic heterocycles. The van der Waals surface area contributed by atoms with Crippen LogP contribution in [0.3, 0.4) is 0 Å². The van der Waals surface area contributed by atoms with Crippen molar-refractivity contribution in [1.82, 2.24) is 0 Å². The number of rotatable bonds is 3. The number of hydrogen-bond donors (Lipinski definition) is 1. The molecule has 21 heavy (non-hydrogen) atoms. The monoisotopic (exact) mass is 364 g/mol. The average Bonchev–Trinajstić information content (AvgIpc) is 2.43. The van der Waals surface area contributed by atoms with Gasteiger partial charge in [-0.15, -0.1) is 0 Å². The topological polar surface area (TPSA) is 70.0 Å². The lowest BCUT2D eigenvalue weighted by Crippen LogP contribution is -2.14. The lowest BCUT2D eigenvalue weighted by Gasteiger charge is -2.13. The van der Waals surface area contributed by atoms with Crippen LogP contribution >= 0.6 is 15.9 Å². The Morgan fingerprint density at radius 1 is 1.14 bits per heavy atom. The number of hydrogen-bond acceptors (Lipinski definition) is 3. The Morgan fingerprint density at radius 2 is 1.76 bits per heavy atom. The second-order valence-electron chi connectivity index (χ2n) is 4.68. The van der Waals surface area contributed by atoms with E-state index < -0.39 is 10.0 Å². The van der Waals surface area contributed by atoms with Gasteiger partial charge in [0.05, 0.1) is 22.2 Å². The number of halogens is 1. The molecule has 108 valence electrons. The number of benzene rings is 2. The van der Waals surface area contributed by atoms with Crippen molar-refractivity contribution in [1.29, 1.82) is 5.26 Å². The van der Waals surface area contributed by atoms with Gasteiger partial charge in [-0.05, 0) is 71.2 Å². The van der Waals surface area contributed by atoms with Gasteiger partial charge in [-0.3, -0.25) is 4.72 Å². The third-order valence-corrected chi connectivity index (χ3v) is 4.95. The van der Waals surface area contributed by atoms with E-state index in [1.807, 2.05) is 32.0 Å². The predicted molar refractivity (Wildman–Crippen MR) is 85.6 cm³/mol. The Labute approximate surface area is 132 Å². The van der Waals surface area contributed by atoms with Crippen LogP contribution in [0.4, 0.5) is 5.69 Å². The smallest absolute Gasteiger partial charge is 0.261 e. The van der Waals surface area contributed by atoms with Crippen molar-refractivity contribution >= 4 is 31.6 Å². The van der Waals surface area contributed by atoms with E-state index in [0.717, 1.165) is 11.1 Å². The van der Waals surface area contributed by atoms with Crippen LogP contribution in [0.1, 0.15) is 16.7 Å². The van der Waals surface area contributed by atoms with Gasteiger partial charge in [0.15, 0.2) is 0 Å². The minimum Gasteiger partial charge on any atom is -0.278 e. The van der Waals surface area contributed by atoms with E-state index in [-0.39, 0.29) is 4.90 Å². The van der Waals surface area contributed by atoms with E-state index in [4.69, 9.17) is 5.26 Å². The molecule has 2 rings (SSSR count). The highest BCUT2D eigenvalue weighted by Crippen LogP contribution is 2.29. The van der Waals surface area contributed by atoms with Gasteiger partial charge in [0, 0.05) is 4.47 Å². The zero-order valence-electron chi connectivity index (χ0n) is 11.5. The molecule has 0 fully saturated rings. The predicted octanol–water partition coefficient (Wildman–Crippen LogP) is 3.74. The summed E-state index contributed by atoms with van der Waals surface area (Å²) < 4.78 is 28.0. The highest BCUT2D eigenvalue weighted by molar-refractivity contribution is 9.10. The van der Waals surface area contributed by atoms with E-state index >= 15 is 0 Å². The molecule has 0 bridgehead atoms. The lowest BCUT2D eigenvalue weighted by atomic mass is 10.1. The summed E-state index contributed by atoms with van der Waals surface area (Å²) in [5.41, 5.74) is 2.81. The molecule has 2 aromatic carbocycles. The Balaban J connectivity index is 2.40. The molecule has 0 amide bonds. The van der Waals surface area contributed by atoms with E-state index in [0.29, 0.717) is 15.7 Å². The zero-order chi connectivity index (χ0) is 15.6. The molecule has 0 unspecified atom stereocenters. The molecule has 2 aromatic rings. The van der Waals surface area contributed by atoms with Gasteiger partial charge in [0.2, 0.25) is 0 Å². The molecule has 0 aliphatic carbocycles. The second kappa shape index (κ2) is 5.88. The van der Waals surface area contributed by atoms with Crippen LogP contribution in [0, 0.1) is 25.2 Å². The summed E-state index contributed by atoms with van der Waals surface area (Å²) in [6, 6.07) is 11.5. The van der Waals surface area contributed by atoms with Crippen LogP contribution in [0.5, 0.6) is 0 Å². The first kappa shape index (κ1) is 15.5. The van der Waals surface area contributed by atoms with Crippen LogP contribution in [0.15, 0.2) is 45.8 Å². The number of nitrogens with one attached hydrogen (secondary N) is 1. The number of nitrogens with zero attached hydrogens (tertiary/aromatic N) is 1. The zero-order valence-corrected chi connectivity index (χ0v) is 13.9. The van der Waals surface area contributed by atoms with Crippen molar-refractivity contribution in [2.24, 2.45) is 0 Å². The van der Waals surface area contributed by atoms with Crippen molar-refractivity contribution in [2.75, 3.05) is 4.72 Å². The number of nitriles is 1. The number of anilines is 1. The molecule has 0 heterocycles. The molecule has 6 heteroatoms. The first-order valence-electron chi connectivity index (χ1n) is 6.13. The summed E-state index contributed by atoms with van der Waals surface area (Å²) in [4.78, 5) is 0.119. The highest BCUT2D eigenvalue weighted by Gasteiger charge is 2.17. The van der Waals surface area contributed by atoms with Gasteiger partial charge in [-0.1, -0.05) is 6.07 Å². The van der Waals surface area contributed by atoms with Gasteiger partial charge in [-0.25, -0.2) is 8.42 Å². The van der Waals surface area contributed by atoms with Crippen LogP contribution in [-0.2, 0) is 10.0 Å². The maximum Gasteiger partial charge on any atom is 0.261 e. The van der Waals surface area contributed by atoms with Crippen molar-refractivity contribution in [3.05, 3.63) is 57.6 Å². The number of aryl methyl sites for hydroxylation is 2. The first-order chi connectivity index (χ1) is 9.83. The summed E-state index contributed by atoms with van der Waals surface area (Å²) in [7, 11) is -3.69. The van der Waals surface area contributed by atoms with Crippen molar-refractivity contribution < 1.29 is 8.42 Å². The fraction of sp³-hybridized carbons (Fsp3) is 0.133. The minimum atomic E-state index is -3.69. The molecule has 0 aromatic heterocycles. The summed E-state index contributed by atoms with van der Waals surface area (Å²) in [5, 5.41) is 8.74. The van der Waals surface area contributed by atoms with E-state index in [1.165, 1.54) is 24.3 Å². The Kier molecular flexibility index (Phi) is 4.35. The molecule has 0 saturated carbocycles. The standard InChI is InChI=1S/C15H13BrN2O2S/c1-10-7-11(2)15(14(16)8-10)18-21(19,20)13-5-3-12(9-17)4-6-13/h3-8,18H,1-2H3. The Hall–Kier alpha value is -1.84. The van der Waals surface area contributed by atoms with Gasteiger partial charge in [0.25, 0.3) is 10.0 Å². The maximum atomic E-state index is 12.4. The van der Waals surface area contributed by atoms with E-state index in [9.17, 15) is 8.42 Å². The molecular formula is C15H13BrN2O2S. The quantitative estimate of drug-likeness (QED) is 0.901. The number of sulfonamides is 1. The van der Waals surface area contributed by atoms with Gasteiger partial charge >= 0.3 is 0 Å². The lowest BCUT2D eigenvalue weighted by molar-refractivity contribution is 0.601. The van der Waals surface area contributed by atoms with Crippen molar-refractivity contribution in [3.63, 3.8) is 0 Å². The molecule has 0 radical (unpaired) electrons. The fourth-order valence-electron chi connectivity index (χ4n) is 1.95. The van der Waals surface area contributed by atoms with E-state index in [1.54, 1.807) is 0 Å². The van der Waals surface area contributed by atoms with E-state index in [2.05, 4.69) is 20.7 Å². The molecular weight excluding hydrogens is 352 g/mol. The molecule has 0 saturated heterocycles. The fourth-order valence-corrected chi connectivity index (χ4v) is 4.00. The first-order valence-corrected chi connectivity index (χ1v) is 8.41. The van der Waals surface area contributed by atoms with Crippen LogP contribution in [0.2, 0.25) is 0 Å². The van der Waals surface area contributed by atoms with Crippen molar-refractivity contribution in [3.8, 4) is 6.07 Å². The Morgan fingerprint density at radius 3 is 2.29 bits per heavy atom. The van der Waals surface area contributed by atoms with Crippen LogP contribution in [-0.4, -0.2) is 8.42 Å². The average molecular weight is 365 g/mol. The largest absolute Gasteiger partial charge is 0.278 e. The maximum absolute atomic E-state index is 12.4. The molecule has 4 nitrogen and oxygen atoms in total. The Bertz CT molecular complexity index is 799. The van der Waals surface area contributed by atoms with Crippen LogP contribution < -0.4 is 4.72 Å². The third-order valence-electron chi connectivity index (χ3n) is 2.96. The minimum absolute atomic E-state index is 0.119. The van der Waals surface area contributed by atoms with Gasteiger partial charge in [-0.2, -0.15) is 5.26 Å². The molecule has 0 atom stereocenters. The van der Waals surface area contributed by atoms with Gasteiger partial charge < -0.3 is 0 Å². The second-order valence-corrected chi connectivity index (χ2v) is 7.22. The summed E-state index contributed by atoms with van der Waals surface area (Å²) in [6.07, 6.45) is 0. The highest BCUT2D eigenvalue weighted by atomic mass is 79.9. The van der Waals surface area contributed by atoms with Gasteiger partial charge in [0.1, 0.15) is 0 Å². The third kappa shape index (κ3) is 3.43. The normalized spacial score (nSPS) is 11.0. The summed E-state index contributed by atoms with van der Waals surface area (Å²) in [5.74, 6) is 0. The summed E-state index contributed by atoms with van der Waals surface area (Å²) >= 11 is 3.38. The molecule has 1 N–H and O–H groups in total. The van der Waals surface area contributed by atoms with Crippen molar-refractivity contribution in [2.45, 2.75) is 18.7 Å². The molecule has 0 aliphatic rings. The SMILES string of the molecule is Cc1cc(C)c(NS(=O)(=O)c2ccc(C#N)cc2)c(Br)c1. The molecule has 0 spiro atoms. The van der Waals surface area contributed by atoms with Crippen LogP contribution in [0.25, 0.3) is 0 Å². The summed E-state index contributed by atoms with van der Waals surface area (Å²) in [6.45, 7) is 3.78.